The lowest BCUT2D eigenvalue weighted by atomic mass is 10.1. The molecule has 1 aromatic rings. The smallest absolute Gasteiger partial charge is 0.243 e. The lowest BCUT2D eigenvalue weighted by molar-refractivity contribution is -0.671. The van der Waals surface area contributed by atoms with Crippen molar-refractivity contribution in [3.63, 3.8) is 0 Å². The summed E-state index contributed by atoms with van der Waals surface area (Å²) in [5.74, 6) is -1.15. The summed E-state index contributed by atoms with van der Waals surface area (Å²) < 4.78 is 35.3. The van der Waals surface area contributed by atoms with Crippen molar-refractivity contribution in [2.75, 3.05) is 5.75 Å². The normalized spacial score (nSPS) is 11.3. The molecule has 0 aliphatic heterocycles. The number of rotatable bonds is 5. The highest BCUT2D eigenvalue weighted by atomic mass is 32.2. The fourth-order valence-corrected chi connectivity index (χ4v) is 2.51. The molecular formula is C13H23N3O4S. The fraction of sp³-hybridized carbons (Fsp3) is 0.538. The molecule has 0 bridgehead atoms. The Balaban J connectivity index is 0.000000423. The summed E-state index contributed by atoms with van der Waals surface area (Å²) in [6.07, 6.45) is 7.16. The third kappa shape index (κ3) is 9.80. The molecule has 0 saturated heterocycles. The number of aromatic nitrogens is 2. The molecule has 0 fully saturated rings. The second-order valence-electron chi connectivity index (χ2n) is 5.19. The average Bonchev–Trinajstić information content (AvgIpc) is 2.72. The first-order chi connectivity index (χ1) is 9.49. The quantitative estimate of drug-likeness (QED) is 0.468. The van der Waals surface area contributed by atoms with Gasteiger partial charge in [0.15, 0.2) is 0 Å². The molecule has 120 valence electrons. The zero-order valence-electron chi connectivity index (χ0n) is 12.9. The van der Waals surface area contributed by atoms with Gasteiger partial charge in [0.1, 0.15) is 12.4 Å². The van der Waals surface area contributed by atoms with Gasteiger partial charge in [0.05, 0.1) is 29.5 Å². The van der Waals surface area contributed by atoms with Crippen LogP contribution in [0.15, 0.2) is 31.4 Å². The van der Waals surface area contributed by atoms with Crippen molar-refractivity contribution in [1.82, 2.24) is 9.88 Å². The summed E-state index contributed by atoms with van der Waals surface area (Å²) in [4.78, 5) is 10.8. The molecule has 1 aromatic heterocycles. The molecule has 0 aliphatic rings. The van der Waals surface area contributed by atoms with Gasteiger partial charge in [-0.3, -0.25) is 4.79 Å². The van der Waals surface area contributed by atoms with E-state index in [-0.39, 0.29) is 0 Å². The topological polar surface area (TPSA) is 95.1 Å². The van der Waals surface area contributed by atoms with Crippen LogP contribution in [0.1, 0.15) is 20.8 Å². The predicted octanol–water partition coefficient (Wildman–Crippen LogP) is -0.0551. The molecular weight excluding hydrogens is 294 g/mol. The third-order valence-corrected chi connectivity index (χ3v) is 3.45. The van der Waals surface area contributed by atoms with Crippen LogP contribution in [0.25, 0.3) is 0 Å². The molecule has 0 aliphatic carbocycles. The molecule has 0 atom stereocenters. The van der Waals surface area contributed by atoms with Crippen LogP contribution in [0, 0.1) is 0 Å². The maximum Gasteiger partial charge on any atom is 0.243 e. The van der Waals surface area contributed by atoms with E-state index in [1.807, 2.05) is 17.8 Å². The largest absolute Gasteiger partial charge is 0.748 e. The number of nitrogens with one attached hydrogen (secondary N) is 1. The van der Waals surface area contributed by atoms with Gasteiger partial charge >= 0.3 is 0 Å². The highest BCUT2D eigenvalue weighted by Gasteiger charge is 2.22. The standard InChI is InChI=1S/C7H13NO4S.C6H11N2/c1-4-6(9)8-7(2,3)5-13(10,11)12;1-3-8-5-4-7(2)6-8/h4H,1,5H2,2-3H3,(H,8,9)(H,10,11,12);4-6H,3H2,1-2H3/q;+1/p-1. The first-order valence-corrected chi connectivity index (χ1v) is 7.96. The fourth-order valence-electron chi connectivity index (χ4n) is 1.55. The van der Waals surface area contributed by atoms with E-state index in [1.165, 1.54) is 13.8 Å². The number of hydrogen-bond donors (Lipinski definition) is 1. The number of amides is 1. The molecule has 21 heavy (non-hydrogen) atoms. The molecule has 7 nitrogen and oxygen atoms in total. The van der Waals surface area contributed by atoms with Gasteiger partial charge in [-0.05, 0) is 26.8 Å². The minimum atomic E-state index is -4.33. The van der Waals surface area contributed by atoms with E-state index >= 15 is 0 Å². The van der Waals surface area contributed by atoms with Gasteiger partial charge < -0.3 is 9.87 Å². The van der Waals surface area contributed by atoms with Crippen molar-refractivity contribution in [1.29, 1.82) is 0 Å². The molecule has 0 radical (unpaired) electrons. The van der Waals surface area contributed by atoms with Gasteiger partial charge in [0, 0.05) is 5.54 Å². The van der Waals surface area contributed by atoms with Gasteiger partial charge in [0.2, 0.25) is 12.2 Å². The van der Waals surface area contributed by atoms with Crippen molar-refractivity contribution in [2.45, 2.75) is 32.9 Å². The van der Waals surface area contributed by atoms with Crippen LogP contribution in [0.4, 0.5) is 0 Å². The molecule has 0 spiro atoms. The third-order valence-electron chi connectivity index (χ3n) is 2.37. The monoisotopic (exact) mass is 317 g/mol. The zero-order chi connectivity index (χ0) is 16.7. The molecule has 1 amide bonds. The molecule has 0 aromatic carbocycles. The van der Waals surface area contributed by atoms with E-state index in [9.17, 15) is 17.8 Å². The van der Waals surface area contributed by atoms with Crippen molar-refractivity contribution >= 4 is 16.0 Å². The van der Waals surface area contributed by atoms with Crippen LogP contribution >= 0.6 is 0 Å². The Morgan fingerprint density at radius 1 is 1.52 bits per heavy atom. The molecule has 1 N–H and O–H groups in total. The van der Waals surface area contributed by atoms with E-state index in [0.717, 1.165) is 12.6 Å². The van der Waals surface area contributed by atoms with Crippen molar-refractivity contribution in [2.24, 2.45) is 7.05 Å². The van der Waals surface area contributed by atoms with Crippen LogP contribution < -0.4 is 9.88 Å². The lowest BCUT2D eigenvalue weighted by Gasteiger charge is -2.26. The van der Waals surface area contributed by atoms with E-state index < -0.39 is 27.3 Å². The Bertz CT molecular complexity index is 576. The second-order valence-corrected chi connectivity index (χ2v) is 6.59. The van der Waals surface area contributed by atoms with Crippen molar-refractivity contribution in [3.8, 4) is 0 Å². The molecule has 1 rings (SSSR count). The Labute approximate surface area is 126 Å². The van der Waals surface area contributed by atoms with Gasteiger partial charge in [0.25, 0.3) is 0 Å². The van der Waals surface area contributed by atoms with Crippen LogP contribution in [-0.4, -0.2) is 34.7 Å². The summed E-state index contributed by atoms with van der Waals surface area (Å²) in [6.45, 7) is 9.28. The van der Waals surface area contributed by atoms with E-state index in [2.05, 4.69) is 35.9 Å². The highest BCUT2D eigenvalue weighted by Crippen LogP contribution is 2.05. The highest BCUT2D eigenvalue weighted by molar-refractivity contribution is 7.85. The minimum Gasteiger partial charge on any atom is -0.748 e. The summed E-state index contributed by atoms with van der Waals surface area (Å²) in [5, 5.41) is 2.33. The Morgan fingerprint density at radius 3 is 2.38 bits per heavy atom. The summed E-state index contributed by atoms with van der Waals surface area (Å²) in [6, 6.07) is 0. The number of hydrogen-bond acceptors (Lipinski definition) is 4. The van der Waals surface area contributed by atoms with Crippen LogP contribution in [0.2, 0.25) is 0 Å². The van der Waals surface area contributed by atoms with Crippen molar-refractivity contribution < 1.29 is 22.3 Å². The summed E-state index contributed by atoms with van der Waals surface area (Å²) in [5.41, 5.74) is -1.06. The number of carbonyl (C=O) groups excluding carboxylic acids is 1. The van der Waals surface area contributed by atoms with Crippen LogP contribution in [-0.2, 0) is 28.5 Å². The van der Waals surface area contributed by atoms with E-state index in [1.54, 1.807) is 0 Å². The maximum atomic E-state index is 10.8. The predicted molar refractivity (Wildman–Crippen MR) is 78.3 cm³/mol. The maximum absolute atomic E-state index is 10.8. The average molecular weight is 317 g/mol. The van der Waals surface area contributed by atoms with Gasteiger partial charge in [-0.15, -0.1) is 0 Å². The number of nitrogens with zero attached hydrogens (tertiary/aromatic N) is 2. The zero-order valence-corrected chi connectivity index (χ0v) is 13.7. The first-order valence-electron chi connectivity index (χ1n) is 6.38. The number of imidazole rings is 1. The second kappa shape index (κ2) is 7.94. The van der Waals surface area contributed by atoms with Crippen LogP contribution in [0.5, 0.6) is 0 Å². The minimum absolute atomic E-state index is 0.506. The molecule has 0 unspecified atom stereocenters. The van der Waals surface area contributed by atoms with E-state index in [0.29, 0.717) is 0 Å². The number of carbonyl (C=O) groups is 1. The summed E-state index contributed by atoms with van der Waals surface area (Å²) in [7, 11) is -2.31. The van der Waals surface area contributed by atoms with Gasteiger partial charge in [-0.2, -0.15) is 0 Å². The molecule has 1 heterocycles. The summed E-state index contributed by atoms with van der Waals surface area (Å²) >= 11 is 0. The lowest BCUT2D eigenvalue weighted by Crippen LogP contribution is -2.47. The van der Waals surface area contributed by atoms with E-state index in [4.69, 9.17) is 0 Å². The Kier molecular flexibility index (Phi) is 7.31. The number of aryl methyl sites for hydroxylation is 2. The molecule has 0 saturated carbocycles. The molecule has 8 heteroatoms. The SMILES string of the molecule is C=CC(=O)NC(C)(C)CS(=O)(=O)[O-].CCn1cc[n+](C)c1. The Hall–Kier alpha value is -1.67. The van der Waals surface area contributed by atoms with Gasteiger partial charge in [-0.1, -0.05) is 6.58 Å². The first kappa shape index (κ1) is 19.3. The van der Waals surface area contributed by atoms with Crippen LogP contribution in [0.3, 0.4) is 0 Å². The van der Waals surface area contributed by atoms with Crippen molar-refractivity contribution in [3.05, 3.63) is 31.4 Å². The Morgan fingerprint density at radius 2 is 2.10 bits per heavy atom. The van der Waals surface area contributed by atoms with Gasteiger partial charge in [-0.25, -0.2) is 17.6 Å².